The Morgan fingerprint density at radius 1 is 1.20 bits per heavy atom. The Kier molecular flexibility index (Phi) is 5.64. The molecule has 1 saturated heterocycles. The second-order valence-corrected chi connectivity index (χ2v) is 7.02. The van der Waals surface area contributed by atoms with Gasteiger partial charge in [0.2, 0.25) is 0 Å². The Balaban J connectivity index is 1.76. The number of hydrogen-bond donors (Lipinski definition) is 0. The number of aromatic nitrogens is 2. The van der Waals surface area contributed by atoms with Crippen LogP contribution >= 0.6 is 0 Å². The maximum absolute atomic E-state index is 4.57. The Hall–Kier alpha value is -0.830. The maximum atomic E-state index is 4.57. The van der Waals surface area contributed by atoms with Crippen molar-refractivity contribution >= 4 is 0 Å². The van der Waals surface area contributed by atoms with E-state index in [2.05, 4.69) is 48.6 Å². The van der Waals surface area contributed by atoms with Gasteiger partial charge >= 0.3 is 0 Å². The highest BCUT2D eigenvalue weighted by Gasteiger charge is 2.21. The lowest BCUT2D eigenvalue weighted by atomic mass is 10.0. The molecule has 0 aliphatic carbocycles. The minimum absolute atomic E-state index is 0.583. The Morgan fingerprint density at radius 3 is 2.45 bits per heavy atom. The highest BCUT2D eigenvalue weighted by molar-refractivity contribution is 5.09. The SMILES string of the molecule is CC(C)CCCN1CCC(n2cc(C(C)C)cn2)CC1. The van der Waals surface area contributed by atoms with Crippen molar-refractivity contribution in [2.24, 2.45) is 5.92 Å². The summed E-state index contributed by atoms with van der Waals surface area (Å²) in [6.45, 7) is 12.9. The summed E-state index contributed by atoms with van der Waals surface area (Å²) in [5.41, 5.74) is 1.37. The van der Waals surface area contributed by atoms with Gasteiger partial charge in [0.15, 0.2) is 0 Å². The van der Waals surface area contributed by atoms with Crippen LogP contribution in [0.3, 0.4) is 0 Å². The van der Waals surface area contributed by atoms with Crippen molar-refractivity contribution in [3.63, 3.8) is 0 Å². The summed E-state index contributed by atoms with van der Waals surface area (Å²) in [5, 5.41) is 4.57. The fraction of sp³-hybridized carbons (Fsp3) is 0.824. The van der Waals surface area contributed by atoms with Crippen molar-refractivity contribution in [3.05, 3.63) is 18.0 Å². The second-order valence-electron chi connectivity index (χ2n) is 7.02. The second kappa shape index (κ2) is 7.26. The zero-order chi connectivity index (χ0) is 14.5. The fourth-order valence-electron chi connectivity index (χ4n) is 2.98. The van der Waals surface area contributed by atoms with E-state index in [-0.39, 0.29) is 0 Å². The highest BCUT2D eigenvalue weighted by atomic mass is 15.3. The van der Waals surface area contributed by atoms with Gasteiger partial charge in [-0.05, 0) is 49.6 Å². The Morgan fingerprint density at radius 2 is 1.90 bits per heavy atom. The van der Waals surface area contributed by atoms with Crippen molar-refractivity contribution < 1.29 is 0 Å². The number of likely N-dealkylation sites (tertiary alicyclic amines) is 1. The standard InChI is InChI=1S/C17H31N3/c1-14(2)6-5-9-19-10-7-17(8-11-19)20-13-16(12-18-20)15(3)4/h12-15,17H,5-11H2,1-4H3. The molecule has 0 bridgehead atoms. The van der Waals surface area contributed by atoms with Crippen LogP contribution < -0.4 is 0 Å². The van der Waals surface area contributed by atoms with E-state index in [0.29, 0.717) is 12.0 Å². The van der Waals surface area contributed by atoms with Gasteiger partial charge < -0.3 is 4.90 Å². The normalized spacial score (nSPS) is 18.3. The first-order valence-electron chi connectivity index (χ1n) is 8.32. The van der Waals surface area contributed by atoms with Crippen molar-refractivity contribution in [1.29, 1.82) is 0 Å². The molecule has 1 aliphatic rings. The summed E-state index contributed by atoms with van der Waals surface area (Å²) in [5.74, 6) is 1.42. The molecule has 0 unspecified atom stereocenters. The van der Waals surface area contributed by atoms with E-state index >= 15 is 0 Å². The quantitative estimate of drug-likeness (QED) is 0.781. The molecule has 0 saturated carbocycles. The predicted molar refractivity (Wildman–Crippen MR) is 85.1 cm³/mol. The molecule has 20 heavy (non-hydrogen) atoms. The summed E-state index contributed by atoms with van der Waals surface area (Å²) >= 11 is 0. The molecule has 0 radical (unpaired) electrons. The maximum Gasteiger partial charge on any atom is 0.0543 e. The topological polar surface area (TPSA) is 21.1 Å². The first-order valence-corrected chi connectivity index (χ1v) is 8.32. The lowest BCUT2D eigenvalue weighted by molar-refractivity contribution is 0.175. The molecule has 1 aromatic heterocycles. The van der Waals surface area contributed by atoms with Gasteiger partial charge in [0.1, 0.15) is 0 Å². The van der Waals surface area contributed by atoms with E-state index in [9.17, 15) is 0 Å². The van der Waals surface area contributed by atoms with Crippen LogP contribution in [0.25, 0.3) is 0 Å². The minimum atomic E-state index is 0.583. The van der Waals surface area contributed by atoms with Gasteiger partial charge in [0.25, 0.3) is 0 Å². The van der Waals surface area contributed by atoms with Crippen molar-refractivity contribution in [3.8, 4) is 0 Å². The van der Waals surface area contributed by atoms with Crippen LogP contribution in [0.5, 0.6) is 0 Å². The van der Waals surface area contributed by atoms with Crippen LogP contribution in [0, 0.1) is 5.92 Å². The van der Waals surface area contributed by atoms with Gasteiger partial charge in [-0.2, -0.15) is 5.10 Å². The summed E-state index contributed by atoms with van der Waals surface area (Å²) in [7, 11) is 0. The molecule has 0 N–H and O–H groups in total. The molecule has 1 aromatic rings. The first-order chi connectivity index (χ1) is 9.56. The third kappa shape index (κ3) is 4.34. The Labute approximate surface area is 124 Å². The molecule has 2 rings (SSSR count). The lowest BCUT2D eigenvalue weighted by Gasteiger charge is -2.32. The summed E-state index contributed by atoms with van der Waals surface area (Å²) < 4.78 is 2.21. The smallest absolute Gasteiger partial charge is 0.0543 e. The number of nitrogens with zero attached hydrogens (tertiary/aromatic N) is 3. The van der Waals surface area contributed by atoms with Crippen LogP contribution in [-0.2, 0) is 0 Å². The van der Waals surface area contributed by atoms with Gasteiger partial charge in [0.05, 0.1) is 12.2 Å². The van der Waals surface area contributed by atoms with Gasteiger partial charge in [-0.1, -0.05) is 27.7 Å². The van der Waals surface area contributed by atoms with Crippen LogP contribution in [0.4, 0.5) is 0 Å². The molecule has 1 aliphatic heterocycles. The van der Waals surface area contributed by atoms with Crippen molar-refractivity contribution in [2.45, 2.75) is 65.3 Å². The number of piperidine rings is 1. The molecule has 0 amide bonds. The molecule has 0 aromatic carbocycles. The number of hydrogen-bond acceptors (Lipinski definition) is 2. The summed E-state index contributed by atoms with van der Waals surface area (Å²) in [6.07, 6.45) is 9.50. The zero-order valence-electron chi connectivity index (χ0n) is 13.7. The fourth-order valence-corrected chi connectivity index (χ4v) is 2.98. The van der Waals surface area contributed by atoms with Gasteiger partial charge in [0, 0.05) is 19.3 Å². The average molecular weight is 277 g/mol. The average Bonchev–Trinajstić information content (AvgIpc) is 2.89. The van der Waals surface area contributed by atoms with E-state index in [4.69, 9.17) is 0 Å². The Bertz CT molecular complexity index is 387. The molecule has 0 spiro atoms. The van der Waals surface area contributed by atoms with E-state index < -0.39 is 0 Å². The minimum Gasteiger partial charge on any atom is -0.303 e. The molecule has 1 fully saturated rings. The van der Waals surface area contributed by atoms with Crippen molar-refractivity contribution in [2.75, 3.05) is 19.6 Å². The van der Waals surface area contributed by atoms with Crippen LogP contribution in [0.2, 0.25) is 0 Å². The molecule has 3 heteroatoms. The molecular formula is C17H31N3. The molecule has 2 heterocycles. The molecule has 114 valence electrons. The third-order valence-corrected chi connectivity index (χ3v) is 4.48. The first kappa shape index (κ1) is 15.6. The monoisotopic (exact) mass is 277 g/mol. The highest BCUT2D eigenvalue weighted by Crippen LogP contribution is 2.24. The van der Waals surface area contributed by atoms with Gasteiger partial charge in [-0.15, -0.1) is 0 Å². The molecular weight excluding hydrogens is 246 g/mol. The lowest BCUT2D eigenvalue weighted by Crippen LogP contribution is -2.35. The predicted octanol–water partition coefficient (Wildman–Crippen LogP) is 4.08. The van der Waals surface area contributed by atoms with Crippen LogP contribution in [0.15, 0.2) is 12.4 Å². The summed E-state index contributed by atoms with van der Waals surface area (Å²) in [6, 6.07) is 0.615. The van der Waals surface area contributed by atoms with Gasteiger partial charge in [-0.25, -0.2) is 0 Å². The van der Waals surface area contributed by atoms with E-state index in [1.165, 1.54) is 50.9 Å². The van der Waals surface area contributed by atoms with E-state index in [0.717, 1.165) is 5.92 Å². The van der Waals surface area contributed by atoms with E-state index in [1.54, 1.807) is 0 Å². The van der Waals surface area contributed by atoms with Crippen LogP contribution in [-0.4, -0.2) is 34.3 Å². The molecule has 3 nitrogen and oxygen atoms in total. The number of rotatable bonds is 6. The van der Waals surface area contributed by atoms with Crippen LogP contribution in [0.1, 0.15) is 70.9 Å². The zero-order valence-corrected chi connectivity index (χ0v) is 13.7. The third-order valence-electron chi connectivity index (χ3n) is 4.48. The van der Waals surface area contributed by atoms with Crippen molar-refractivity contribution in [1.82, 2.24) is 14.7 Å². The summed E-state index contributed by atoms with van der Waals surface area (Å²) in [4.78, 5) is 2.63. The largest absolute Gasteiger partial charge is 0.303 e. The van der Waals surface area contributed by atoms with Gasteiger partial charge in [-0.3, -0.25) is 4.68 Å². The van der Waals surface area contributed by atoms with E-state index in [1.807, 2.05) is 6.20 Å². The molecule has 0 atom stereocenters.